The second kappa shape index (κ2) is 5.01. The van der Waals surface area contributed by atoms with Gasteiger partial charge in [0, 0.05) is 0 Å². The number of hydrogen-bond donors (Lipinski definition) is 1. The smallest absolute Gasteiger partial charge is 0.141 e. The van der Waals surface area contributed by atoms with Crippen LogP contribution in [0.3, 0.4) is 0 Å². The van der Waals surface area contributed by atoms with Gasteiger partial charge in [-0.1, -0.05) is 32.9 Å². The number of carbonyl (C=O) groups is 1. The lowest BCUT2D eigenvalue weighted by Gasteiger charge is -2.24. The summed E-state index contributed by atoms with van der Waals surface area (Å²) < 4.78 is 0. The zero-order valence-corrected chi connectivity index (χ0v) is 11.7. The van der Waals surface area contributed by atoms with Crippen molar-refractivity contribution in [2.45, 2.75) is 46.1 Å². The van der Waals surface area contributed by atoms with Crippen molar-refractivity contribution in [1.82, 2.24) is 5.32 Å². The van der Waals surface area contributed by atoms with Crippen LogP contribution >= 0.6 is 0 Å². The maximum absolute atomic E-state index is 11.1. The number of carbonyl (C=O) groups excluding carboxylic acids is 1. The third kappa shape index (κ3) is 2.95. The minimum absolute atomic E-state index is 0.143. The average Bonchev–Trinajstić information content (AvgIpc) is 2.21. The highest BCUT2D eigenvalue weighted by Gasteiger charge is 2.19. The van der Waals surface area contributed by atoms with E-state index in [4.69, 9.17) is 0 Å². The van der Waals surface area contributed by atoms with Gasteiger partial charge in [0.15, 0.2) is 0 Å². The molecular weight excluding hydrogens is 210 g/mol. The quantitative estimate of drug-likeness (QED) is 0.813. The molecule has 0 radical (unpaired) electrons. The molecule has 1 rings (SSSR count). The fourth-order valence-corrected chi connectivity index (χ4v) is 2.18. The number of aryl methyl sites for hydroxylation is 2. The van der Waals surface area contributed by atoms with Crippen molar-refractivity contribution in [3.05, 3.63) is 34.4 Å². The predicted molar refractivity (Wildman–Crippen MR) is 72.5 cm³/mol. The maximum Gasteiger partial charge on any atom is 0.141 e. The number of aldehydes is 1. The summed E-state index contributed by atoms with van der Waals surface area (Å²) >= 11 is 0. The molecule has 0 fully saturated rings. The van der Waals surface area contributed by atoms with E-state index in [0.29, 0.717) is 0 Å². The molecular formula is C15H23NO. The third-order valence-electron chi connectivity index (χ3n) is 3.22. The Morgan fingerprint density at radius 3 is 1.94 bits per heavy atom. The Morgan fingerprint density at radius 1 is 1.18 bits per heavy atom. The van der Waals surface area contributed by atoms with Gasteiger partial charge in [0.05, 0.1) is 6.04 Å². The molecule has 1 unspecified atom stereocenters. The van der Waals surface area contributed by atoms with Crippen LogP contribution in [0.5, 0.6) is 0 Å². The van der Waals surface area contributed by atoms with E-state index < -0.39 is 0 Å². The van der Waals surface area contributed by atoms with E-state index >= 15 is 0 Å². The van der Waals surface area contributed by atoms with Gasteiger partial charge in [-0.2, -0.15) is 0 Å². The standard InChI is InChI=1S/C15H23NO/c1-10-7-12(15(3,4)5)8-11(2)14(10)13(9-17)16-6/h7-9,13,16H,1-6H3. The van der Waals surface area contributed by atoms with Gasteiger partial charge in [0.2, 0.25) is 0 Å². The molecule has 94 valence electrons. The fraction of sp³-hybridized carbons (Fsp3) is 0.533. The molecule has 0 saturated heterocycles. The van der Waals surface area contributed by atoms with Crippen molar-refractivity contribution in [3.8, 4) is 0 Å². The number of benzene rings is 1. The maximum atomic E-state index is 11.1. The highest BCUT2D eigenvalue weighted by Crippen LogP contribution is 2.29. The van der Waals surface area contributed by atoms with E-state index in [1.807, 2.05) is 7.05 Å². The van der Waals surface area contributed by atoms with Gasteiger partial charge in [-0.15, -0.1) is 0 Å². The SMILES string of the molecule is CNC(C=O)c1c(C)cc(C(C)(C)C)cc1C. The van der Waals surface area contributed by atoms with E-state index in [1.165, 1.54) is 16.7 Å². The summed E-state index contributed by atoms with van der Waals surface area (Å²) in [6, 6.07) is 4.18. The lowest BCUT2D eigenvalue weighted by molar-refractivity contribution is -0.109. The Kier molecular flexibility index (Phi) is 4.10. The number of nitrogens with one attached hydrogen (secondary N) is 1. The van der Waals surface area contributed by atoms with Crippen LogP contribution in [-0.2, 0) is 10.2 Å². The molecule has 1 aromatic carbocycles. The Hall–Kier alpha value is -1.15. The highest BCUT2D eigenvalue weighted by atomic mass is 16.1. The third-order valence-corrected chi connectivity index (χ3v) is 3.22. The van der Waals surface area contributed by atoms with E-state index in [9.17, 15) is 4.79 Å². The van der Waals surface area contributed by atoms with E-state index in [0.717, 1.165) is 11.8 Å². The van der Waals surface area contributed by atoms with Crippen molar-refractivity contribution in [3.63, 3.8) is 0 Å². The second-order valence-corrected chi connectivity index (χ2v) is 5.68. The van der Waals surface area contributed by atoms with Gasteiger partial charge >= 0.3 is 0 Å². The molecule has 0 saturated carbocycles. The van der Waals surface area contributed by atoms with Crippen molar-refractivity contribution in [2.24, 2.45) is 0 Å². The molecule has 1 aromatic rings. The van der Waals surface area contributed by atoms with Crippen LogP contribution in [-0.4, -0.2) is 13.3 Å². The molecule has 0 aliphatic rings. The molecule has 1 atom stereocenters. The summed E-state index contributed by atoms with van der Waals surface area (Å²) in [6.45, 7) is 10.8. The van der Waals surface area contributed by atoms with Gasteiger partial charge in [-0.25, -0.2) is 0 Å². The summed E-state index contributed by atoms with van der Waals surface area (Å²) in [5.41, 5.74) is 4.93. The van der Waals surface area contributed by atoms with E-state index in [2.05, 4.69) is 52.1 Å². The Labute approximate surface area is 104 Å². The zero-order chi connectivity index (χ0) is 13.2. The van der Waals surface area contributed by atoms with Crippen LogP contribution in [0, 0.1) is 13.8 Å². The summed E-state index contributed by atoms with van der Waals surface area (Å²) in [7, 11) is 1.82. The van der Waals surface area contributed by atoms with Crippen molar-refractivity contribution in [2.75, 3.05) is 7.05 Å². The molecule has 0 bridgehead atoms. The van der Waals surface area contributed by atoms with Crippen molar-refractivity contribution < 1.29 is 4.79 Å². The number of likely N-dealkylation sites (N-methyl/N-ethyl adjacent to an activating group) is 1. The molecule has 2 heteroatoms. The zero-order valence-electron chi connectivity index (χ0n) is 11.7. The molecule has 17 heavy (non-hydrogen) atoms. The average molecular weight is 233 g/mol. The number of hydrogen-bond acceptors (Lipinski definition) is 2. The van der Waals surface area contributed by atoms with Crippen LogP contribution < -0.4 is 5.32 Å². The van der Waals surface area contributed by atoms with Crippen molar-refractivity contribution >= 4 is 6.29 Å². The summed E-state index contributed by atoms with van der Waals surface area (Å²) in [6.07, 6.45) is 0.964. The van der Waals surface area contributed by atoms with Gasteiger partial charge in [-0.05, 0) is 48.6 Å². The normalized spacial score (nSPS) is 13.5. The molecule has 1 N–H and O–H groups in total. The van der Waals surface area contributed by atoms with E-state index in [1.54, 1.807) is 0 Å². The van der Waals surface area contributed by atoms with Crippen LogP contribution in [0.15, 0.2) is 12.1 Å². The lowest BCUT2D eigenvalue weighted by Crippen LogP contribution is -2.21. The van der Waals surface area contributed by atoms with Gasteiger partial charge < -0.3 is 10.1 Å². The summed E-state index contributed by atoms with van der Waals surface area (Å²) in [5.74, 6) is 0. The van der Waals surface area contributed by atoms with Gasteiger partial charge in [0.25, 0.3) is 0 Å². The first-order valence-electron chi connectivity index (χ1n) is 6.05. The monoisotopic (exact) mass is 233 g/mol. The van der Waals surface area contributed by atoms with Crippen LogP contribution in [0.4, 0.5) is 0 Å². The molecule has 0 aliphatic carbocycles. The molecule has 0 aliphatic heterocycles. The van der Waals surface area contributed by atoms with Crippen LogP contribution in [0.1, 0.15) is 49.1 Å². The first kappa shape index (κ1) is 13.9. The Balaban J connectivity index is 3.33. The van der Waals surface area contributed by atoms with Crippen LogP contribution in [0.2, 0.25) is 0 Å². The highest BCUT2D eigenvalue weighted by molar-refractivity contribution is 5.64. The summed E-state index contributed by atoms with van der Waals surface area (Å²) in [4.78, 5) is 11.1. The minimum Gasteiger partial charge on any atom is -0.307 e. The van der Waals surface area contributed by atoms with Gasteiger partial charge in [0.1, 0.15) is 6.29 Å². The topological polar surface area (TPSA) is 29.1 Å². The molecule has 0 heterocycles. The van der Waals surface area contributed by atoms with E-state index in [-0.39, 0.29) is 11.5 Å². The van der Waals surface area contributed by atoms with Crippen LogP contribution in [0.25, 0.3) is 0 Å². The fourth-order valence-electron chi connectivity index (χ4n) is 2.18. The summed E-state index contributed by atoms with van der Waals surface area (Å²) in [5, 5.41) is 3.04. The second-order valence-electron chi connectivity index (χ2n) is 5.68. The molecule has 0 amide bonds. The largest absolute Gasteiger partial charge is 0.307 e. The first-order valence-corrected chi connectivity index (χ1v) is 6.05. The first-order chi connectivity index (χ1) is 7.81. The molecule has 2 nitrogen and oxygen atoms in total. The van der Waals surface area contributed by atoms with Crippen molar-refractivity contribution in [1.29, 1.82) is 0 Å². The Bertz CT molecular complexity index is 392. The molecule has 0 aromatic heterocycles. The lowest BCUT2D eigenvalue weighted by atomic mass is 9.83. The number of rotatable bonds is 3. The van der Waals surface area contributed by atoms with Gasteiger partial charge in [-0.3, -0.25) is 0 Å². The predicted octanol–water partition coefficient (Wildman–Crippen LogP) is 3.06. The minimum atomic E-state index is -0.205. The molecule has 0 spiro atoms. The Morgan fingerprint density at radius 2 is 1.65 bits per heavy atom.